The Morgan fingerprint density at radius 1 is 0.966 bits per heavy atom. The van der Waals surface area contributed by atoms with Crippen molar-refractivity contribution in [3.05, 3.63) is 71.9 Å². The number of rotatable bonds is 7. The molecule has 0 aliphatic rings. The highest BCUT2D eigenvalue weighted by molar-refractivity contribution is 5.96. The van der Waals surface area contributed by atoms with E-state index in [1.807, 2.05) is 30.3 Å². The molecule has 0 unspecified atom stereocenters. The topological polar surface area (TPSA) is 110 Å². The number of hydrogen-bond acceptors (Lipinski definition) is 6. The van der Waals surface area contributed by atoms with Crippen molar-refractivity contribution >= 4 is 23.5 Å². The Morgan fingerprint density at radius 2 is 1.69 bits per heavy atom. The van der Waals surface area contributed by atoms with Crippen molar-refractivity contribution in [3.63, 3.8) is 0 Å². The van der Waals surface area contributed by atoms with Gasteiger partial charge in [0.15, 0.2) is 6.61 Å². The predicted octanol–water partition coefficient (Wildman–Crippen LogP) is 3.05. The maximum Gasteiger partial charge on any atom is 0.356 e. The summed E-state index contributed by atoms with van der Waals surface area (Å²) in [6.45, 7) is 1.55. The van der Waals surface area contributed by atoms with E-state index >= 15 is 0 Å². The molecule has 29 heavy (non-hydrogen) atoms. The summed E-state index contributed by atoms with van der Waals surface area (Å²) in [4.78, 5) is 35.7. The molecule has 148 valence electrons. The normalized spacial score (nSPS) is 10.2. The van der Waals surface area contributed by atoms with Crippen LogP contribution in [0.3, 0.4) is 0 Å². The summed E-state index contributed by atoms with van der Waals surface area (Å²) in [6.07, 6.45) is 0. The molecule has 1 amide bonds. The van der Waals surface area contributed by atoms with Crippen LogP contribution in [-0.2, 0) is 14.3 Å². The fraction of sp³-hybridized carbons (Fsp3) is 0.143. The van der Waals surface area contributed by atoms with Crippen LogP contribution in [0.5, 0.6) is 0 Å². The van der Waals surface area contributed by atoms with Crippen LogP contribution < -0.4 is 5.32 Å². The Kier molecular flexibility index (Phi) is 6.36. The van der Waals surface area contributed by atoms with Gasteiger partial charge in [0, 0.05) is 11.3 Å². The molecule has 0 spiro atoms. The molecule has 1 aromatic heterocycles. The van der Waals surface area contributed by atoms with Crippen molar-refractivity contribution < 1.29 is 23.9 Å². The van der Waals surface area contributed by atoms with E-state index in [2.05, 4.69) is 15.5 Å². The number of hydrogen-bond donors (Lipinski definition) is 2. The highest BCUT2D eigenvalue weighted by Gasteiger charge is 2.14. The van der Waals surface area contributed by atoms with Crippen LogP contribution in [0.2, 0.25) is 0 Å². The molecule has 8 nitrogen and oxygen atoms in total. The summed E-state index contributed by atoms with van der Waals surface area (Å²) in [5.41, 5.74) is 2.45. The molecule has 0 fully saturated rings. The lowest BCUT2D eigenvalue weighted by Gasteiger charge is -2.07. The van der Waals surface area contributed by atoms with Gasteiger partial charge in [-0.1, -0.05) is 30.3 Å². The minimum Gasteiger partial charge on any atom is -0.462 e. The quantitative estimate of drug-likeness (QED) is 0.597. The number of nitrogens with one attached hydrogen (secondary N) is 2. The van der Waals surface area contributed by atoms with E-state index < -0.39 is 24.5 Å². The lowest BCUT2D eigenvalue weighted by Crippen LogP contribution is -2.21. The molecule has 0 bridgehead atoms. The molecule has 0 atom stereocenters. The fourth-order valence-corrected chi connectivity index (χ4v) is 2.49. The average molecular weight is 393 g/mol. The Labute approximate surface area is 166 Å². The van der Waals surface area contributed by atoms with Crippen molar-refractivity contribution in [2.75, 3.05) is 18.5 Å². The maximum absolute atomic E-state index is 12.1. The minimum absolute atomic E-state index is 0.149. The summed E-state index contributed by atoms with van der Waals surface area (Å²) < 4.78 is 9.90. The highest BCUT2D eigenvalue weighted by atomic mass is 16.5. The maximum atomic E-state index is 12.1. The van der Waals surface area contributed by atoms with Gasteiger partial charge in [-0.05, 0) is 37.3 Å². The number of nitrogens with zero attached hydrogens (tertiary/aromatic N) is 1. The molecule has 2 N–H and O–H groups in total. The molecular formula is C21H19N3O5. The summed E-state index contributed by atoms with van der Waals surface area (Å²) in [5, 5.41) is 9.26. The van der Waals surface area contributed by atoms with Gasteiger partial charge in [-0.15, -0.1) is 0 Å². The van der Waals surface area contributed by atoms with Crippen molar-refractivity contribution in [3.8, 4) is 11.3 Å². The first-order chi connectivity index (χ1) is 14.1. The molecule has 8 heteroatoms. The van der Waals surface area contributed by atoms with Crippen LogP contribution in [0, 0.1) is 0 Å². The highest BCUT2D eigenvalue weighted by Crippen LogP contribution is 2.17. The monoisotopic (exact) mass is 393 g/mol. The van der Waals surface area contributed by atoms with Gasteiger partial charge in [0.1, 0.15) is 5.69 Å². The zero-order chi connectivity index (χ0) is 20.6. The number of benzene rings is 2. The Bertz CT molecular complexity index is 997. The summed E-state index contributed by atoms with van der Waals surface area (Å²) in [7, 11) is 0. The summed E-state index contributed by atoms with van der Waals surface area (Å²) >= 11 is 0. The lowest BCUT2D eigenvalue weighted by atomic mass is 10.1. The second-order valence-electron chi connectivity index (χ2n) is 5.96. The van der Waals surface area contributed by atoms with E-state index in [0.717, 1.165) is 5.56 Å². The molecule has 0 aliphatic heterocycles. The minimum atomic E-state index is -0.688. The third-order valence-corrected chi connectivity index (χ3v) is 3.88. The van der Waals surface area contributed by atoms with Crippen molar-refractivity contribution in [2.45, 2.75) is 6.92 Å². The first-order valence-corrected chi connectivity index (χ1v) is 8.92. The van der Waals surface area contributed by atoms with Gasteiger partial charge in [-0.2, -0.15) is 5.10 Å². The average Bonchev–Trinajstić information content (AvgIpc) is 3.24. The number of H-pyrrole nitrogens is 1. The number of aromatic amines is 1. The van der Waals surface area contributed by atoms with Gasteiger partial charge in [0.25, 0.3) is 5.91 Å². The third-order valence-electron chi connectivity index (χ3n) is 3.88. The van der Waals surface area contributed by atoms with Crippen molar-refractivity contribution in [2.24, 2.45) is 0 Å². The SMILES string of the molecule is CCOC(=O)c1ccc(NC(=O)COC(=O)c2cc(-c3ccccc3)n[nH]2)cc1. The van der Waals surface area contributed by atoms with Gasteiger partial charge in [0.2, 0.25) is 0 Å². The number of amides is 1. The molecular weight excluding hydrogens is 374 g/mol. The van der Waals surface area contributed by atoms with Crippen molar-refractivity contribution in [1.82, 2.24) is 10.2 Å². The van der Waals surface area contributed by atoms with Gasteiger partial charge < -0.3 is 14.8 Å². The summed E-state index contributed by atoms with van der Waals surface area (Å²) in [6, 6.07) is 17.1. The van der Waals surface area contributed by atoms with Gasteiger partial charge in [-0.3, -0.25) is 9.89 Å². The summed E-state index contributed by atoms with van der Waals surface area (Å²) in [5.74, 6) is -1.63. The molecule has 0 aliphatic carbocycles. The van der Waals surface area contributed by atoms with Crippen LogP contribution in [0.15, 0.2) is 60.7 Å². The second-order valence-corrected chi connectivity index (χ2v) is 5.96. The number of esters is 2. The van der Waals surface area contributed by atoms with E-state index in [-0.39, 0.29) is 12.3 Å². The van der Waals surface area contributed by atoms with E-state index in [4.69, 9.17) is 9.47 Å². The number of aromatic nitrogens is 2. The Morgan fingerprint density at radius 3 is 2.38 bits per heavy atom. The van der Waals surface area contributed by atoms with Crippen LogP contribution in [-0.4, -0.2) is 41.3 Å². The smallest absolute Gasteiger partial charge is 0.356 e. The zero-order valence-electron chi connectivity index (χ0n) is 15.7. The Hall–Kier alpha value is -3.94. The van der Waals surface area contributed by atoms with Crippen LogP contribution in [0.4, 0.5) is 5.69 Å². The molecule has 3 rings (SSSR count). The van der Waals surface area contributed by atoms with Gasteiger partial charge >= 0.3 is 11.9 Å². The first kappa shape index (κ1) is 19.8. The number of anilines is 1. The number of ether oxygens (including phenoxy) is 2. The third kappa shape index (κ3) is 5.29. The Balaban J connectivity index is 1.51. The molecule has 0 saturated heterocycles. The predicted molar refractivity (Wildman–Crippen MR) is 105 cm³/mol. The van der Waals surface area contributed by atoms with Gasteiger partial charge in [-0.25, -0.2) is 9.59 Å². The number of carbonyl (C=O) groups is 3. The molecule has 1 heterocycles. The standard InChI is InChI=1S/C21H19N3O5/c1-2-28-20(26)15-8-10-16(11-9-15)22-19(25)13-29-21(27)18-12-17(23-24-18)14-6-4-3-5-7-14/h3-12H,2,13H2,1H3,(H,22,25)(H,23,24). The number of carbonyl (C=O) groups excluding carboxylic acids is 3. The molecule has 0 saturated carbocycles. The van der Waals surface area contributed by atoms with E-state index in [9.17, 15) is 14.4 Å². The zero-order valence-corrected chi connectivity index (χ0v) is 15.7. The largest absolute Gasteiger partial charge is 0.462 e. The van der Waals surface area contributed by atoms with E-state index in [1.54, 1.807) is 25.1 Å². The van der Waals surface area contributed by atoms with E-state index in [1.165, 1.54) is 12.1 Å². The lowest BCUT2D eigenvalue weighted by molar-refractivity contribution is -0.119. The van der Waals surface area contributed by atoms with Crippen LogP contribution in [0.25, 0.3) is 11.3 Å². The van der Waals surface area contributed by atoms with Crippen LogP contribution in [0.1, 0.15) is 27.8 Å². The van der Waals surface area contributed by atoms with Gasteiger partial charge in [0.05, 0.1) is 17.9 Å². The molecule has 0 radical (unpaired) electrons. The fourth-order valence-electron chi connectivity index (χ4n) is 2.49. The first-order valence-electron chi connectivity index (χ1n) is 8.92. The molecule has 2 aromatic carbocycles. The van der Waals surface area contributed by atoms with E-state index in [0.29, 0.717) is 16.9 Å². The second kappa shape index (κ2) is 9.32. The van der Waals surface area contributed by atoms with Crippen LogP contribution >= 0.6 is 0 Å². The molecule has 3 aromatic rings. The van der Waals surface area contributed by atoms with Crippen molar-refractivity contribution in [1.29, 1.82) is 0 Å².